The fourth-order valence-corrected chi connectivity index (χ4v) is 2.34. The number of halogens is 1. The fourth-order valence-electron chi connectivity index (χ4n) is 2.34. The van der Waals surface area contributed by atoms with Crippen LogP contribution in [0.1, 0.15) is 41.4 Å². The van der Waals surface area contributed by atoms with Crippen molar-refractivity contribution in [2.45, 2.75) is 33.0 Å². The lowest BCUT2D eigenvalue weighted by molar-refractivity contribution is 0.0915. The third-order valence-electron chi connectivity index (χ3n) is 3.37. The lowest BCUT2D eigenvalue weighted by Gasteiger charge is -2.15. The number of nitrogens with one attached hydrogen (secondary N) is 1. The maximum Gasteiger partial charge on any atom is 0.251 e. The largest absolute Gasteiger partial charge is 0.491 e. The molecule has 2 N–H and O–H groups in total. The van der Waals surface area contributed by atoms with E-state index in [0.717, 1.165) is 0 Å². The van der Waals surface area contributed by atoms with Crippen LogP contribution in [-0.4, -0.2) is 23.7 Å². The predicted octanol–water partition coefficient (Wildman–Crippen LogP) is 3.38. The Kier molecular flexibility index (Phi) is 5.93. The molecule has 2 rings (SSSR count). The minimum Gasteiger partial charge on any atom is -0.491 e. The summed E-state index contributed by atoms with van der Waals surface area (Å²) in [6.45, 7) is 5.59. The number of aliphatic hydroxyl groups is 1. The van der Waals surface area contributed by atoms with Crippen LogP contribution in [0.4, 0.5) is 4.39 Å². The molecule has 0 heterocycles. The number of hydrogen-bond donors (Lipinski definition) is 2. The van der Waals surface area contributed by atoms with Crippen molar-refractivity contribution in [3.63, 3.8) is 0 Å². The third-order valence-corrected chi connectivity index (χ3v) is 3.37. The van der Waals surface area contributed by atoms with Crippen LogP contribution in [0.25, 0.3) is 0 Å². The minimum atomic E-state index is -0.876. The number of aliphatic hydroxyl groups excluding tert-OH is 1. The number of benzene rings is 2. The van der Waals surface area contributed by atoms with E-state index in [1.807, 2.05) is 19.9 Å². The first-order valence-corrected chi connectivity index (χ1v) is 7.85. The molecule has 0 aromatic heterocycles. The third kappa shape index (κ3) is 5.06. The predicted molar refractivity (Wildman–Crippen MR) is 90.6 cm³/mol. The van der Waals surface area contributed by atoms with Crippen molar-refractivity contribution in [3.05, 3.63) is 65.0 Å². The van der Waals surface area contributed by atoms with Crippen LogP contribution < -0.4 is 10.1 Å². The molecule has 0 bridgehead atoms. The van der Waals surface area contributed by atoms with E-state index in [1.54, 1.807) is 31.2 Å². The van der Waals surface area contributed by atoms with Crippen LogP contribution in [0.3, 0.4) is 0 Å². The van der Waals surface area contributed by atoms with Crippen LogP contribution in [0.2, 0.25) is 0 Å². The average Bonchev–Trinajstić information content (AvgIpc) is 2.51. The first-order chi connectivity index (χ1) is 11.3. The topological polar surface area (TPSA) is 58.6 Å². The summed E-state index contributed by atoms with van der Waals surface area (Å²) in [4.78, 5) is 12.1. The summed E-state index contributed by atoms with van der Waals surface area (Å²) in [6, 6.07) is 11.2. The van der Waals surface area contributed by atoms with E-state index in [0.29, 0.717) is 16.9 Å². The highest BCUT2D eigenvalue weighted by Gasteiger charge is 2.13. The Hall–Kier alpha value is -2.40. The van der Waals surface area contributed by atoms with E-state index < -0.39 is 17.8 Å². The second kappa shape index (κ2) is 7.93. The van der Waals surface area contributed by atoms with Gasteiger partial charge in [0.1, 0.15) is 11.6 Å². The van der Waals surface area contributed by atoms with Gasteiger partial charge in [0, 0.05) is 12.1 Å². The Morgan fingerprint density at radius 3 is 2.67 bits per heavy atom. The van der Waals surface area contributed by atoms with Gasteiger partial charge >= 0.3 is 0 Å². The molecule has 0 aliphatic carbocycles. The smallest absolute Gasteiger partial charge is 0.251 e. The molecule has 0 saturated carbocycles. The van der Waals surface area contributed by atoms with Crippen molar-refractivity contribution in [1.82, 2.24) is 5.32 Å². The van der Waals surface area contributed by atoms with E-state index in [2.05, 4.69) is 5.32 Å². The molecular weight excluding hydrogens is 309 g/mol. The maximum atomic E-state index is 13.4. The van der Waals surface area contributed by atoms with Crippen LogP contribution in [0, 0.1) is 12.7 Å². The second-order valence-electron chi connectivity index (χ2n) is 5.98. The van der Waals surface area contributed by atoms with Gasteiger partial charge in [-0.2, -0.15) is 0 Å². The average molecular weight is 331 g/mol. The molecule has 2 aromatic carbocycles. The van der Waals surface area contributed by atoms with E-state index in [4.69, 9.17) is 4.74 Å². The molecule has 2 aromatic rings. The molecule has 1 unspecified atom stereocenters. The first kappa shape index (κ1) is 17.9. The number of hydrogen-bond acceptors (Lipinski definition) is 3. The lowest BCUT2D eigenvalue weighted by Crippen LogP contribution is -2.28. The Labute approximate surface area is 141 Å². The SMILES string of the molecule is Cc1cc(F)cc(C(=O)NCC(O)c2cccc(OC(C)C)c2)c1. The highest BCUT2D eigenvalue weighted by atomic mass is 19.1. The summed E-state index contributed by atoms with van der Waals surface area (Å²) in [5, 5.41) is 12.9. The Bertz CT molecular complexity index is 695. The highest BCUT2D eigenvalue weighted by molar-refractivity contribution is 5.94. The summed E-state index contributed by atoms with van der Waals surface area (Å²) in [6.07, 6.45) is -0.840. The van der Waals surface area contributed by atoms with Gasteiger partial charge in [0.05, 0.1) is 12.2 Å². The number of rotatable bonds is 6. The van der Waals surface area contributed by atoms with Crippen molar-refractivity contribution in [1.29, 1.82) is 0 Å². The standard InChI is InChI=1S/C19H22FNO3/c1-12(2)24-17-6-4-5-14(10-17)18(22)11-21-19(23)15-7-13(3)8-16(20)9-15/h4-10,12,18,22H,11H2,1-3H3,(H,21,23). The van der Waals surface area contributed by atoms with Crippen LogP contribution in [0.5, 0.6) is 5.75 Å². The molecule has 1 amide bonds. The zero-order valence-corrected chi connectivity index (χ0v) is 14.0. The normalized spacial score (nSPS) is 12.1. The molecular formula is C19H22FNO3. The summed E-state index contributed by atoms with van der Waals surface area (Å²) >= 11 is 0. The monoisotopic (exact) mass is 331 g/mol. The fraction of sp³-hybridized carbons (Fsp3) is 0.316. The van der Waals surface area contributed by atoms with E-state index >= 15 is 0 Å². The van der Waals surface area contributed by atoms with Crippen LogP contribution >= 0.6 is 0 Å². The number of aryl methyl sites for hydroxylation is 1. The molecule has 4 nitrogen and oxygen atoms in total. The molecule has 128 valence electrons. The van der Waals surface area contributed by atoms with Crippen LogP contribution in [-0.2, 0) is 0 Å². The van der Waals surface area contributed by atoms with Crippen LogP contribution in [0.15, 0.2) is 42.5 Å². The molecule has 0 aliphatic rings. The van der Waals surface area contributed by atoms with E-state index in [1.165, 1.54) is 12.1 Å². The highest BCUT2D eigenvalue weighted by Crippen LogP contribution is 2.20. The first-order valence-electron chi connectivity index (χ1n) is 7.85. The molecule has 5 heteroatoms. The van der Waals surface area contributed by atoms with Gasteiger partial charge in [-0.05, 0) is 62.2 Å². The van der Waals surface area contributed by atoms with Gasteiger partial charge in [-0.25, -0.2) is 4.39 Å². The van der Waals surface area contributed by atoms with Crippen molar-refractivity contribution in [2.24, 2.45) is 0 Å². The van der Waals surface area contributed by atoms with Gasteiger partial charge < -0.3 is 15.2 Å². The minimum absolute atomic E-state index is 0.0273. The Morgan fingerprint density at radius 1 is 1.25 bits per heavy atom. The van der Waals surface area contributed by atoms with Gasteiger partial charge in [-0.15, -0.1) is 0 Å². The van der Waals surface area contributed by atoms with Gasteiger partial charge in [-0.1, -0.05) is 12.1 Å². The Morgan fingerprint density at radius 2 is 2.00 bits per heavy atom. The molecule has 0 spiro atoms. The summed E-state index contributed by atoms with van der Waals surface area (Å²) < 4.78 is 18.9. The molecule has 0 radical (unpaired) electrons. The van der Waals surface area contributed by atoms with E-state index in [-0.39, 0.29) is 18.2 Å². The number of carbonyl (C=O) groups excluding carboxylic acids is 1. The molecule has 24 heavy (non-hydrogen) atoms. The van der Waals surface area contributed by atoms with Gasteiger partial charge in [0.2, 0.25) is 0 Å². The molecule has 1 atom stereocenters. The number of carbonyl (C=O) groups is 1. The lowest BCUT2D eigenvalue weighted by atomic mass is 10.1. The van der Waals surface area contributed by atoms with Crippen molar-refractivity contribution >= 4 is 5.91 Å². The zero-order valence-electron chi connectivity index (χ0n) is 14.0. The maximum absolute atomic E-state index is 13.4. The van der Waals surface area contributed by atoms with Crippen molar-refractivity contribution in [2.75, 3.05) is 6.54 Å². The number of amides is 1. The quantitative estimate of drug-likeness (QED) is 0.853. The van der Waals surface area contributed by atoms with Crippen molar-refractivity contribution < 1.29 is 19.0 Å². The second-order valence-corrected chi connectivity index (χ2v) is 5.98. The zero-order chi connectivity index (χ0) is 17.7. The summed E-state index contributed by atoms with van der Waals surface area (Å²) in [7, 11) is 0. The summed E-state index contributed by atoms with van der Waals surface area (Å²) in [5.74, 6) is -0.223. The molecule has 0 saturated heterocycles. The molecule has 0 fully saturated rings. The molecule has 0 aliphatic heterocycles. The Balaban J connectivity index is 1.99. The van der Waals surface area contributed by atoms with Gasteiger partial charge in [-0.3, -0.25) is 4.79 Å². The van der Waals surface area contributed by atoms with Gasteiger partial charge in [0.25, 0.3) is 5.91 Å². The summed E-state index contributed by atoms with van der Waals surface area (Å²) in [5.41, 5.74) is 1.54. The van der Waals surface area contributed by atoms with Crippen molar-refractivity contribution in [3.8, 4) is 5.75 Å². The van der Waals surface area contributed by atoms with E-state index in [9.17, 15) is 14.3 Å². The van der Waals surface area contributed by atoms with Gasteiger partial charge in [0.15, 0.2) is 0 Å². The number of ether oxygens (including phenoxy) is 1.